The number of rotatable bonds is 0. The molecule has 0 saturated carbocycles. The van der Waals surface area contributed by atoms with Crippen LogP contribution in [0.25, 0.3) is 0 Å². The van der Waals surface area contributed by atoms with Gasteiger partial charge in [-0.15, -0.1) is 0 Å². The lowest BCUT2D eigenvalue weighted by atomic mass is 9.77. The molecule has 18 heavy (non-hydrogen) atoms. The van der Waals surface area contributed by atoms with Crippen molar-refractivity contribution in [1.29, 1.82) is 0 Å². The summed E-state index contributed by atoms with van der Waals surface area (Å²) in [5, 5.41) is 0. The summed E-state index contributed by atoms with van der Waals surface area (Å²) in [5.74, 6) is 0.413. The molecule has 2 nitrogen and oxygen atoms in total. The molecule has 0 aromatic heterocycles. The van der Waals surface area contributed by atoms with Crippen LogP contribution in [0.2, 0.25) is 0 Å². The van der Waals surface area contributed by atoms with Crippen LogP contribution in [0.4, 0.5) is 0 Å². The summed E-state index contributed by atoms with van der Waals surface area (Å²) in [6.45, 7) is 0.673. The monoisotopic (exact) mass is 240 g/mol. The van der Waals surface area contributed by atoms with Gasteiger partial charge < -0.3 is 9.47 Å². The van der Waals surface area contributed by atoms with E-state index in [-0.39, 0.29) is 12.2 Å². The highest BCUT2D eigenvalue weighted by Crippen LogP contribution is 2.40. The fourth-order valence-corrected chi connectivity index (χ4v) is 3.22. The molecular weight excluding hydrogens is 224 g/mol. The molecule has 2 heteroatoms. The molecule has 4 rings (SSSR count). The molecule has 0 amide bonds. The first kappa shape index (κ1) is 10.4. The van der Waals surface area contributed by atoms with Gasteiger partial charge in [-0.3, -0.25) is 0 Å². The van der Waals surface area contributed by atoms with Crippen molar-refractivity contribution in [3.8, 4) is 0 Å². The lowest BCUT2D eigenvalue weighted by molar-refractivity contribution is 0.0156. The zero-order valence-corrected chi connectivity index (χ0v) is 10.2. The summed E-state index contributed by atoms with van der Waals surface area (Å²) in [7, 11) is 0. The van der Waals surface area contributed by atoms with Crippen molar-refractivity contribution >= 4 is 0 Å². The molecule has 2 aliphatic carbocycles. The molecule has 0 aromatic rings. The van der Waals surface area contributed by atoms with Crippen molar-refractivity contribution in [3.63, 3.8) is 0 Å². The first-order valence-corrected chi connectivity index (χ1v) is 6.61. The lowest BCUT2D eigenvalue weighted by Crippen LogP contribution is -2.37. The predicted molar refractivity (Wildman–Crippen MR) is 69.9 cm³/mol. The predicted octanol–water partition coefficient (Wildman–Crippen LogP) is 3.06. The maximum Gasteiger partial charge on any atom is 0.111 e. The highest BCUT2D eigenvalue weighted by atomic mass is 16.5. The molecule has 0 N–H and O–H groups in total. The minimum absolute atomic E-state index is 0.117. The first-order valence-electron chi connectivity index (χ1n) is 6.61. The Labute approximate surface area is 107 Å². The van der Waals surface area contributed by atoms with Crippen LogP contribution in [0.5, 0.6) is 0 Å². The van der Waals surface area contributed by atoms with Crippen LogP contribution in [0.3, 0.4) is 0 Å². The van der Waals surface area contributed by atoms with Gasteiger partial charge in [-0.05, 0) is 30.1 Å². The summed E-state index contributed by atoms with van der Waals surface area (Å²) in [6.07, 6.45) is 17.6. The SMILES string of the molecule is C1=CCC2=C(C=CC3OC4C=COCC4=CC23)C1. The standard InChI is InChI=1S/C16H16O2/c1-2-4-13-11(3-1)5-6-16-14(13)9-12-10-17-8-7-15(12)18-16/h1-2,5-9,14-16H,3-4,10H2. The molecular formula is C16H16O2. The third kappa shape index (κ3) is 1.52. The molecule has 0 saturated heterocycles. The second kappa shape index (κ2) is 3.99. The Morgan fingerprint density at radius 1 is 1.11 bits per heavy atom. The van der Waals surface area contributed by atoms with Crippen LogP contribution < -0.4 is 0 Å². The Hall–Kier alpha value is -1.54. The maximum absolute atomic E-state index is 6.16. The molecule has 3 atom stereocenters. The highest BCUT2D eigenvalue weighted by molar-refractivity contribution is 5.43. The van der Waals surface area contributed by atoms with Crippen LogP contribution in [-0.4, -0.2) is 18.8 Å². The molecule has 92 valence electrons. The third-order valence-electron chi connectivity index (χ3n) is 4.16. The minimum atomic E-state index is 0.117. The Balaban J connectivity index is 1.73. The molecule has 3 unspecified atom stereocenters. The van der Waals surface area contributed by atoms with Gasteiger partial charge in [0, 0.05) is 5.92 Å². The Morgan fingerprint density at radius 3 is 3.06 bits per heavy atom. The van der Waals surface area contributed by atoms with E-state index in [0.29, 0.717) is 12.5 Å². The Bertz CT molecular complexity index is 519. The molecule has 0 aromatic carbocycles. The van der Waals surface area contributed by atoms with Crippen molar-refractivity contribution in [1.82, 2.24) is 0 Å². The Morgan fingerprint density at radius 2 is 2.06 bits per heavy atom. The summed E-state index contributed by atoms with van der Waals surface area (Å²) in [6, 6.07) is 0. The van der Waals surface area contributed by atoms with Crippen LogP contribution in [0.15, 0.2) is 59.4 Å². The highest BCUT2D eigenvalue weighted by Gasteiger charge is 2.35. The van der Waals surface area contributed by atoms with Crippen LogP contribution >= 0.6 is 0 Å². The molecule has 0 radical (unpaired) electrons. The minimum Gasteiger partial charge on any atom is -0.497 e. The normalized spacial score (nSPS) is 36.4. The Kier molecular flexibility index (Phi) is 2.30. The van der Waals surface area contributed by atoms with Crippen molar-refractivity contribution in [3.05, 3.63) is 59.4 Å². The molecule has 2 aliphatic heterocycles. The zero-order chi connectivity index (χ0) is 11.9. The van der Waals surface area contributed by atoms with E-state index in [1.54, 1.807) is 6.26 Å². The zero-order valence-electron chi connectivity index (χ0n) is 10.2. The fraction of sp³-hybridized carbons (Fsp3) is 0.375. The van der Waals surface area contributed by atoms with Gasteiger partial charge in [0.1, 0.15) is 12.7 Å². The lowest BCUT2D eigenvalue weighted by Gasteiger charge is -2.38. The topological polar surface area (TPSA) is 18.5 Å². The summed E-state index contributed by atoms with van der Waals surface area (Å²) < 4.78 is 11.5. The molecule has 2 heterocycles. The van der Waals surface area contributed by atoms with E-state index < -0.39 is 0 Å². The van der Waals surface area contributed by atoms with Gasteiger partial charge in [-0.1, -0.05) is 36.0 Å². The fourth-order valence-electron chi connectivity index (χ4n) is 3.22. The van der Waals surface area contributed by atoms with Crippen molar-refractivity contribution in [2.75, 3.05) is 6.61 Å². The van der Waals surface area contributed by atoms with Gasteiger partial charge in [0.05, 0.1) is 12.4 Å². The number of allylic oxidation sites excluding steroid dienone is 4. The van der Waals surface area contributed by atoms with Crippen LogP contribution in [-0.2, 0) is 9.47 Å². The van der Waals surface area contributed by atoms with Crippen molar-refractivity contribution < 1.29 is 9.47 Å². The molecule has 0 fully saturated rings. The van der Waals surface area contributed by atoms with Gasteiger partial charge in [-0.25, -0.2) is 0 Å². The average molecular weight is 240 g/mol. The second-order valence-corrected chi connectivity index (χ2v) is 5.22. The number of hydrogen-bond donors (Lipinski definition) is 0. The van der Waals surface area contributed by atoms with E-state index in [9.17, 15) is 0 Å². The van der Waals surface area contributed by atoms with Gasteiger partial charge in [0.2, 0.25) is 0 Å². The molecule has 0 bridgehead atoms. The van der Waals surface area contributed by atoms with E-state index in [0.717, 1.165) is 12.8 Å². The average Bonchev–Trinajstić information content (AvgIpc) is 2.45. The van der Waals surface area contributed by atoms with Gasteiger partial charge in [0.25, 0.3) is 0 Å². The number of hydrogen-bond acceptors (Lipinski definition) is 2. The van der Waals surface area contributed by atoms with Crippen molar-refractivity contribution in [2.45, 2.75) is 25.0 Å². The largest absolute Gasteiger partial charge is 0.497 e. The van der Waals surface area contributed by atoms with E-state index in [2.05, 4.69) is 30.4 Å². The van der Waals surface area contributed by atoms with Gasteiger partial charge >= 0.3 is 0 Å². The molecule has 4 aliphatic rings. The van der Waals surface area contributed by atoms with E-state index in [4.69, 9.17) is 9.47 Å². The first-order chi connectivity index (χ1) is 8.92. The second-order valence-electron chi connectivity index (χ2n) is 5.22. The summed E-state index contributed by atoms with van der Waals surface area (Å²) in [4.78, 5) is 0. The van der Waals surface area contributed by atoms with E-state index in [1.807, 2.05) is 6.08 Å². The van der Waals surface area contributed by atoms with E-state index >= 15 is 0 Å². The van der Waals surface area contributed by atoms with Gasteiger partial charge in [-0.2, -0.15) is 0 Å². The van der Waals surface area contributed by atoms with Crippen molar-refractivity contribution in [2.24, 2.45) is 5.92 Å². The third-order valence-corrected chi connectivity index (χ3v) is 4.16. The van der Waals surface area contributed by atoms with Gasteiger partial charge in [0.15, 0.2) is 0 Å². The maximum atomic E-state index is 6.16. The number of fused-ring (bicyclic) bond motifs is 3. The number of ether oxygens (including phenoxy) is 2. The smallest absolute Gasteiger partial charge is 0.111 e. The van der Waals surface area contributed by atoms with Crippen LogP contribution in [0.1, 0.15) is 12.8 Å². The molecule has 0 spiro atoms. The quantitative estimate of drug-likeness (QED) is 0.606. The van der Waals surface area contributed by atoms with Crippen LogP contribution in [0, 0.1) is 5.92 Å². The summed E-state index contributed by atoms with van der Waals surface area (Å²) in [5.41, 5.74) is 4.28. The van der Waals surface area contributed by atoms with E-state index in [1.165, 1.54) is 16.7 Å². The summed E-state index contributed by atoms with van der Waals surface area (Å²) >= 11 is 0.